The highest BCUT2D eigenvalue weighted by molar-refractivity contribution is 6.69. The van der Waals surface area contributed by atoms with Crippen molar-refractivity contribution >= 4 is 34.8 Å². The van der Waals surface area contributed by atoms with Gasteiger partial charge in [0.15, 0.2) is 3.79 Å². The maximum Gasteiger partial charge on any atom is 0.196 e. The molecule has 2 radical (unpaired) electrons. The number of halogens is 3. The van der Waals surface area contributed by atoms with Crippen LogP contribution < -0.4 is 0 Å². The van der Waals surface area contributed by atoms with Crippen molar-refractivity contribution in [3.63, 3.8) is 0 Å². The summed E-state index contributed by atoms with van der Waals surface area (Å²) in [5.41, 5.74) is 0. The van der Waals surface area contributed by atoms with Crippen LogP contribution in [0.3, 0.4) is 0 Å². The fraction of sp³-hybridized carbons (Fsp3) is 0.500. The average Bonchev–Trinajstić information content (AvgIpc) is 1.31. The van der Waals surface area contributed by atoms with Gasteiger partial charge in [0.1, 0.15) is 0 Å². The molecular weight excluding hydrogens is 154 g/mol. The van der Waals surface area contributed by atoms with Gasteiger partial charge in [-0.15, -0.1) is 0 Å². The van der Waals surface area contributed by atoms with E-state index < -0.39 is 3.79 Å². The summed E-state index contributed by atoms with van der Waals surface area (Å²) in [7, 11) is 0. The Balaban J connectivity index is 3.54. The van der Waals surface area contributed by atoms with E-state index in [9.17, 15) is 0 Å². The summed E-state index contributed by atoms with van der Waals surface area (Å²) in [5, 5.41) is 0. The second kappa shape index (κ2) is 2.43. The van der Waals surface area contributed by atoms with Gasteiger partial charge < -0.3 is 0 Å². The van der Waals surface area contributed by atoms with Crippen LogP contribution in [0.4, 0.5) is 0 Å². The molecule has 0 N–H and O–H groups in total. The number of hydrogen-bond donors (Lipinski definition) is 0. The SMILES string of the molecule is [CH2][C](C)C(Cl)(Cl)Cl. The van der Waals surface area contributed by atoms with Gasteiger partial charge in [-0.05, 0) is 6.92 Å². The summed E-state index contributed by atoms with van der Waals surface area (Å²) in [6.07, 6.45) is 0. The third kappa shape index (κ3) is 3.45. The van der Waals surface area contributed by atoms with Crippen LogP contribution in [0.15, 0.2) is 0 Å². The monoisotopic (exact) mass is 158 g/mol. The van der Waals surface area contributed by atoms with Crippen LogP contribution in [-0.4, -0.2) is 3.79 Å². The molecule has 0 bridgehead atoms. The Morgan fingerprint density at radius 1 is 1.43 bits per heavy atom. The van der Waals surface area contributed by atoms with Crippen molar-refractivity contribution in [3.05, 3.63) is 12.8 Å². The minimum atomic E-state index is -1.28. The lowest BCUT2D eigenvalue weighted by atomic mass is 10.3. The first-order valence-corrected chi connectivity index (χ1v) is 2.80. The van der Waals surface area contributed by atoms with E-state index in [-0.39, 0.29) is 0 Å². The summed E-state index contributed by atoms with van der Waals surface area (Å²) >= 11 is 15.9. The van der Waals surface area contributed by atoms with Gasteiger partial charge in [-0.25, -0.2) is 0 Å². The van der Waals surface area contributed by atoms with Crippen LogP contribution in [-0.2, 0) is 0 Å². The van der Waals surface area contributed by atoms with Gasteiger partial charge >= 0.3 is 0 Å². The Morgan fingerprint density at radius 3 is 1.57 bits per heavy atom. The minimum Gasteiger partial charge on any atom is -0.0830 e. The Labute approximate surface area is 58.7 Å². The molecular formula is C4H5Cl3. The van der Waals surface area contributed by atoms with Crippen molar-refractivity contribution in [1.29, 1.82) is 0 Å². The van der Waals surface area contributed by atoms with E-state index in [0.717, 1.165) is 0 Å². The first-order chi connectivity index (χ1) is 2.94. The molecule has 0 spiro atoms. The molecule has 0 amide bonds. The second-order valence-electron chi connectivity index (χ2n) is 1.28. The molecule has 0 rings (SSSR count). The van der Waals surface area contributed by atoms with Crippen molar-refractivity contribution < 1.29 is 0 Å². The van der Waals surface area contributed by atoms with E-state index >= 15 is 0 Å². The molecule has 42 valence electrons. The van der Waals surface area contributed by atoms with E-state index in [0.29, 0.717) is 5.92 Å². The van der Waals surface area contributed by atoms with E-state index in [1.54, 1.807) is 6.92 Å². The third-order valence-corrected chi connectivity index (χ3v) is 1.45. The zero-order valence-electron chi connectivity index (χ0n) is 3.84. The van der Waals surface area contributed by atoms with Crippen molar-refractivity contribution in [1.82, 2.24) is 0 Å². The first kappa shape index (κ1) is 7.87. The molecule has 0 aromatic heterocycles. The zero-order chi connectivity index (χ0) is 6.08. The molecule has 3 heteroatoms. The Bertz CT molecular complexity index is 52.4. The highest BCUT2D eigenvalue weighted by atomic mass is 35.6. The Hall–Kier alpha value is 0.870. The van der Waals surface area contributed by atoms with Gasteiger partial charge in [-0.1, -0.05) is 41.7 Å². The summed E-state index contributed by atoms with van der Waals surface area (Å²) < 4.78 is -1.28. The van der Waals surface area contributed by atoms with Crippen LogP contribution in [0.5, 0.6) is 0 Å². The van der Waals surface area contributed by atoms with Gasteiger partial charge in [-0.3, -0.25) is 0 Å². The van der Waals surface area contributed by atoms with Crippen molar-refractivity contribution in [2.45, 2.75) is 10.7 Å². The fourth-order valence-corrected chi connectivity index (χ4v) is 0. The molecule has 0 unspecified atom stereocenters. The lowest BCUT2D eigenvalue weighted by Crippen LogP contribution is -2.08. The topological polar surface area (TPSA) is 0 Å². The van der Waals surface area contributed by atoms with Crippen molar-refractivity contribution in [3.8, 4) is 0 Å². The zero-order valence-corrected chi connectivity index (χ0v) is 6.11. The molecule has 0 aliphatic carbocycles. The predicted octanol–water partition coefficient (Wildman–Crippen LogP) is 2.79. The largest absolute Gasteiger partial charge is 0.196 e. The second-order valence-corrected chi connectivity index (χ2v) is 3.56. The van der Waals surface area contributed by atoms with Crippen LogP contribution in [0.25, 0.3) is 0 Å². The molecule has 0 aliphatic heterocycles. The number of rotatable bonds is 0. The lowest BCUT2D eigenvalue weighted by Gasteiger charge is -2.12. The highest BCUT2D eigenvalue weighted by Crippen LogP contribution is 2.35. The third-order valence-electron chi connectivity index (χ3n) is 0.484. The summed E-state index contributed by atoms with van der Waals surface area (Å²) in [4.78, 5) is 0. The van der Waals surface area contributed by atoms with Crippen molar-refractivity contribution in [2.24, 2.45) is 0 Å². The number of hydrogen-bond acceptors (Lipinski definition) is 0. The van der Waals surface area contributed by atoms with Crippen LogP contribution >= 0.6 is 34.8 Å². The van der Waals surface area contributed by atoms with Crippen LogP contribution in [0.1, 0.15) is 6.92 Å². The quantitative estimate of drug-likeness (QED) is 0.477. The molecule has 0 aliphatic rings. The smallest absolute Gasteiger partial charge is 0.0830 e. The van der Waals surface area contributed by atoms with Crippen LogP contribution in [0, 0.1) is 12.8 Å². The summed E-state index contributed by atoms with van der Waals surface area (Å²) in [6.45, 7) is 5.09. The maximum absolute atomic E-state index is 5.30. The minimum absolute atomic E-state index is 0.539. The standard InChI is InChI=1S/C4H5Cl3/c1-3(2)4(5,6)7/h1H2,2H3. The van der Waals surface area contributed by atoms with Crippen molar-refractivity contribution in [2.75, 3.05) is 0 Å². The Morgan fingerprint density at radius 2 is 1.57 bits per heavy atom. The molecule has 0 aromatic rings. The van der Waals surface area contributed by atoms with Gasteiger partial charge in [0.2, 0.25) is 0 Å². The predicted molar refractivity (Wildman–Crippen MR) is 34.6 cm³/mol. The van der Waals surface area contributed by atoms with E-state index in [4.69, 9.17) is 34.8 Å². The molecule has 0 heterocycles. The molecule has 0 aromatic carbocycles. The normalized spacial score (nSPS) is 12.9. The van der Waals surface area contributed by atoms with Gasteiger partial charge in [-0.2, -0.15) is 0 Å². The van der Waals surface area contributed by atoms with Crippen LogP contribution in [0.2, 0.25) is 0 Å². The average molecular weight is 159 g/mol. The molecule has 0 nitrogen and oxygen atoms in total. The molecule has 7 heavy (non-hydrogen) atoms. The van der Waals surface area contributed by atoms with E-state index in [2.05, 4.69) is 6.92 Å². The molecule has 0 saturated carbocycles. The molecule has 0 saturated heterocycles. The molecule has 0 fully saturated rings. The molecule has 0 atom stereocenters. The summed E-state index contributed by atoms with van der Waals surface area (Å²) in [5.74, 6) is 0.539. The lowest BCUT2D eigenvalue weighted by molar-refractivity contribution is 1.09. The summed E-state index contributed by atoms with van der Waals surface area (Å²) in [6, 6.07) is 0. The van der Waals surface area contributed by atoms with Gasteiger partial charge in [0.25, 0.3) is 0 Å². The maximum atomic E-state index is 5.30. The van der Waals surface area contributed by atoms with Gasteiger partial charge in [0.05, 0.1) is 0 Å². The Kier molecular flexibility index (Phi) is 2.73. The van der Waals surface area contributed by atoms with E-state index in [1.165, 1.54) is 0 Å². The van der Waals surface area contributed by atoms with Gasteiger partial charge in [0, 0.05) is 5.92 Å². The highest BCUT2D eigenvalue weighted by Gasteiger charge is 2.24. The fourth-order valence-electron chi connectivity index (χ4n) is 0. The first-order valence-electron chi connectivity index (χ1n) is 1.67. The number of alkyl halides is 3. The van der Waals surface area contributed by atoms with E-state index in [1.807, 2.05) is 0 Å².